The second-order valence-electron chi connectivity index (χ2n) is 9.18. The van der Waals surface area contributed by atoms with Crippen LogP contribution in [0.4, 0.5) is 5.69 Å². The Morgan fingerprint density at radius 1 is 1.20 bits per heavy atom. The predicted molar refractivity (Wildman–Crippen MR) is 119 cm³/mol. The molecule has 1 aromatic rings. The second-order valence-corrected chi connectivity index (χ2v) is 9.62. The summed E-state index contributed by atoms with van der Waals surface area (Å²) in [4.78, 5) is 28.0. The Balaban J connectivity index is 1.63. The first-order valence-corrected chi connectivity index (χ1v) is 11.3. The van der Waals surface area contributed by atoms with E-state index in [4.69, 9.17) is 11.6 Å². The lowest BCUT2D eigenvalue weighted by Gasteiger charge is -2.42. The summed E-state index contributed by atoms with van der Waals surface area (Å²) >= 11 is 5.96. The number of rotatable bonds is 11. The van der Waals surface area contributed by atoms with Gasteiger partial charge in [-0.25, -0.2) is 0 Å². The van der Waals surface area contributed by atoms with Crippen molar-refractivity contribution >= 4 is 36.1 Å². The van der Waals surface area contributed by atoms with Crippen LogP contribution in [0.3, 0.4) is 0 Å². The van der Waals surface area contributed by atoms with Crippen molar-refractivity contribution in [3.63, 3.8) is 0 Å². The zero-order valence-corrected chi connectivity index (χ0v) is 18.5. The monoisotopic (exact) mass is 434 g/mol. The van der Waals surface area contributed by atoms with Crippen LogP contribution in [-0.4, -0.2) is 47.4 Å². The van der Waals surface area contributed by atoms with Crippen LogP contribution in [0, 0.1) is 17.8 Å². The molecule has 1 saturated carbocycles. The number of hydrogen-bond acceptors (Lipinski definition) is 5. The summed E-state index contributed by atoms with van der Waals surface area (Å²) in [6.45, 7) is 4.74. The van der Waals surface area contributed by atoms with Gasteiger partial charge in [-0.15, -0.1) is 0 Å². The third kappa shape index (κ3) is 6.22. The maximum atomic E-state index is 13.0. The Labute approximate surface area is 184 Å². The smallest absolute Gasteiger partial charge is 0.426 e. The van der Waals surface area contributed by atoms with Crippen LogP contribution in [0.1, 0.15) is 52.4 Å². The van der Waals surface area contributed by atoms with E-state index in [1.54, 1.807) is 0 Å². The lowest BCUT2D eigenvalue weighted by atomic mass is 9.74. The standard InChI is InChI=1S/C22H32BClN2O4/c1-14(2)11-21(23(29)30)25-22(28)16(12-15-3-4-15)13-20(27)19-9-10-26(19)18-7-5-17(24)6-8-18/h5-8,14-16,19,21,29-30H,3-4,9-13H2,1-2H3,(H,25,28). The quantitative estimate of drug-likeness (QED) is 0.466. The summed E-state index contributed by atoms with van der Waals surface area (Å²) in [5.41, 5.74) is 0.965. The van der Waals surface area contributed by atoms with Crippen LogP contribution < -0.4 is 10.2 Å². The fourth-order valence-corrected chi connectivity index (χ4v) is 4.27. The van der Waals surface area contributed by atoms with E-state index in [1.807, 2.05) is 38.1 Å². The number of anilines is 1. The molecular weight excluding hydrogens is 403 g/mol. The van der Waals surface area contributed by atoms with E-state index in [-0.39, 0.29) is 30.1 Å². The van der Waals surface area contributed by atoms with E-state index in [0.717, 1.165) is 31.5 Å². The van der Waals surface area contributed by atoms with E-state index < -0.39 is 19.0 Å². The van der Waals surface area contributed by atoms with Gasteiger partial charge in [0.15, 0.2) is 5.78 Å². The molecule has 3 N–H and O–H groups in total. The zero-order chi connectivity index (χ0) is 21.8. The molecule has 0 radical (unpaired) electrons. The van der Waals surface area contributed by atoms with Gasteiger partial charge in [-0.05, 0) is 55.4 Å². The highest BCUT2D eigenvalue weighted by Gasteiger charge is 2.39. The molecule has 1 aliphatic heterocycles. The minimum Gasteiger partial charge on any atom is -0.426 e. The van der Waals surface area contributed by atoms with Crippen LogP contribution in [0.2, 0.25) is 5.02 Å². The Kier molecular flexibility index (Phi) is 7.83. The Hall–Kier alpha value is -1.57. The number of benzene rings is 1. The third-order valence-electron chi connectivity index (χ3n) is 6.10. The zero-order valence-electron chi connectivity index (χ0n) is 17.8. The van der Waals surface area contributed by atoms with E-state index in [0.29, 0.717) is 23.8 Å². The molecule has 3 atom stereocenters. The molecular formula is C22H32BClN2O4. The highest BCUT2D eigenvalue weighted by Crippen LogP contribution is 2.37. The Bertz CT molecular complexity index is 739. The van der Waals surface area contributed by atoms with Gasteiger partial charge in [0, 0.05) is 29.6 Å². The molecule has 0 aromatic heterocycles. The van der Waals surface area contributed by atoms with Crippen LogP contribution in [0.15, 0.2) is 24.3 Å². The van der Waals surface area contributed by atoms with Gasteiger partial charge in [-0.3, -0.25) is 9.59 Å². The van der Waals surface area contributed by atoms with Crippen molar-refractivity contribution in [1.29, 1.82) is 0 Å². The van der Waals surface area contributed by atoms with E-state index in [1.165, 1.54) is 0 Å². The van der Waals surface area contributed by atoms with E-state index in [9.17, 15) is 19.6 Å². The van der Waals surface area contributed by atoms with Gasteiger partial charge in [-0.2, -0.15) is 0 Å². The molecule has 1 aromatic carbocycles. The minimum absolute atomic E-state index is 0.0713. The molecule has 3 unspecified atom stereocenters. The number of Topliss-reactive ketones (excluding diaryl/α,β-unsaturated/α-hetero) is 1. The first kappa shape index (κ1) is 23.1. The highest BCUT2D eigenvalue weighted by molar-refractivity contribution is 6.43. The maximum absolute atomic E-state index is 13.0. The molecule has 1 saturated heterocycles. The van der Waals surface area contributed by atoms with Crippen LogP contribution >= 0.6 is 11.6 Å². The number of hydrogen-bond donors (Lipinski definition) is 3. The number of halogens is 1. The average Bonchev–Trinajstić information content (AvgIpc) is 3.45. The van der Waals surface area contributed by atoms with Crippen molar-refractivity contribution in [1.82, 2.24) is 5.32 Å². The largest absolute Gasteiger partial charge is 0.475 e. The van der Waals surface area contributed by atoms with Gasteiger partial charge in [0.05, 0.1) is 12.0 Å². The maximum Gasteiger partial charge on any atom is 0.475 e. The summed E-state index contributed by atoms with van der Waals surface area (Å²) in [7, 11) is -1.61. The van der Waals surface area contributed by atoms with Gasteiger partial charge in [0.25, 0.3) is 0 Å². The molecule has 30 heavy (non-hydrogen) atoms. The number of carbonyl (C=O) groups is 2. The fourth-order valence-electron chi connectivity index (χ4n) is 4.15. The first-order valence-electron chi connectivity index (χ1n) is 11.0. The van der Waals surface area contributed by atoms with Gasteiger partial charge in [0.2, 0.25) is 5.91 Å². The molecule has 0 bridgehead atoms. The molecule has 1 aliphatic carbocycles. The van der Waals surface area contributed by atoms with E-state index in [2.05, 4.69) is 10.2 Å². The lowest BCUT2D eigenvalue weighted by Crippen LogP contribution is -2.54. The van der Waals surface area contributed by atoms with Gasteiger partial charge in [0.1, 0.15) is 0 Å². The minimum atomic E-state index is -1.61. The fraction of sp³-hybridized carbons (Fsp3) is 0.636. The lowest BCUT2D eigenvalue weighted by molar-refractivity contribution is -0.131. The van der Waals surface area contributed by atoms with Gasteiger partial charge < -0.3 is 20.3 Å². The van der Waals surface area contributed by atoms with Crippen molar-refractivity contribution in [2.75, 3.05) is 11.4 Å². The summed E-state index contributed by atoms with van der Waals surface area (Å²) in [5.74, 6) is -0.614. The van der Waals surface area contributed by atoms with Crippen LogP contribution in [0.25, 0.3) is 0 Å². The van der Waals surface area contributed by atoms with Gasteiger partial charge in [-0.1, -0.05) is 38.3 Å². The molecule has 6 nitrogen and oxygen atoms in total. The number of nitrogens with zero attached hydrogens (tertiary/aromatic N) is 1. The van der Waals surface area contributed by atoms with Crippen molar-refractivity contribution < 1.29 is 19.6 Å². The van der Waals surface area contributed by atoms with Crippen LogP contribution in [0.5, 0.6) is 0 Å². The van der Waals surface area contributed by atoms with Crippen LogP contribution in [-0.2, 0) is 9.59 Å². The molecule has 3 rings (SSSR count). The van der Waals surface area contributed by atoms with Crippen molar-refractivity contribution in [3.05, 3.63) is 29.3 Å². The van der Waals surface area contributed by atoms with Gasteiger partial charge >= 0.3 is 7.12 Å². The molecule has 164 valence electrons. The third-order valence-corrected chi connectivity index (χ3v) is 6.35. The second kappa shape index (κ2) is 10.2. The average molecular weight is 435 g/mol. The summed E-state index contributed by atoms with van der Waals surface area (Å²) in [6.07, 6.45) is 4.31. The molecule has 8 heteroatoms. The van der Waals surface area contributed by atoms with Crippen molar-refractivity contribution in [2.24, 2.45) is 17.8 Å². The highest BCUT2D eigenvalue weighted by atomic mass is 35.5. The predicted octanol–water partition coefficient (Wildman–Crippen LogP) is 2.84. The normalized spacial score (nSPS) is 20.5. The molecule has 2 fully saturated rings. The van der Waals surface area contributed by atoms with Crippen molar-refractivity contribution in [3.8, 4) is 0 Å². The number of amides is 1. The van der Waals surface area contributed by atoms with Crippen molar-refractivity contribution in [2.45, 2.75) is 64.4 Å². The molecule has 1 amide bonds. The number of carbonyl (C=O) groups excluding carboxylic acids is 2. The molecule has 1 heterocycles. The molecule has 0 spiro atoms. The topological polar surface area (TPSA) is 89.9 Å². The summed E-state index contributed by atoms with van der Waals surface area (Å²) < 4.78 is 0. The first-order chi connectivity index (χ1) is 14.2. The Morgan fingerprint density at radius 2 is 1.87 bits per heavy atom. The number of ketones is 1. The summed E-state index contributed by atoms with van der Waals surface area (Å²) in [5, 5.41) is 22.7. The SMILES string of the molecule is CC(C)CC(NC(=O)C(CC(=O)C1CCN1c1ccc(Cl)cc1)CC1CC1)B(O)O. The molecule has 2 aliphatic rings. The summed E-state index contributed by atoms with van der Waals surface area (Å²) in [6, 6.07) is 7.24. The van der Waals surface area contributed by atoms with E-state index >= 15 is 0 Å². The Morgan fingerprint density at radius 3 is 2.37 bits per heavy atom. The number of nitrogens with one attached hydrogen (secondary N) is 1.